The van der Waals surface area contributed by atoms with Crippen LogP contribution in [0.25, 0.3) is 0 Å². The Balaban J connectivity index is 2.48. The lowest BCUT2D eigenvalue weighted by Gasteiger charge is -2.36. The van der Waals surface area contributed by atoms with E-state index in [4.69, 9.17) is 14.6 Å². The number of carbonyl (C=O) groups excluding carboxylic acids is 1. The molecule has 2 unspecified atom stereocenters. The maximum absolute atomic E-state index is 12.5. The third kappa shape index (κ3) is 2.95. The Morgan fingerprint density at radius 1 is 1.32 bits per heavy atom. The van der Waals surface area contributed by atoms with Crippen LogP contribution in [0.4, 0.5) is 11.4 Å². The van der Waals surface area contributed by atoms with Crippen molar-refractivity contribution in [1.82, 2.24) is 0 Å². The van der Waals surface area contributed by atoms with E-state index >= 15 is 0 Å². The van der Waals surface area contributed by atoms with Crippen molar-refractivity contribution < 1.29 is 24.5 Å². The minimum absolute atomic E-state index is 0.0238. The molecule has 7 nitrogen and oxygen atoms in total. The number of methoxy groups -OCH3 is 2. The molecule has 0 spiro atoms. The molecule has 0 saturated heterocycles. The molecule has 1 aromatic rings. The van der Waals surface area contributed by atoms with E-state index in [-0.39, 0.29) is 18.5 Å². The molecule has 7 heteroatoms. The summed E-state index contributed by atoms with van der Waals surface area (Å²) in [4.78, 5) is 14.0. The Morgan fingerprint density at radius 2 is 1.95 bits per heavy atom. The second-order valence-corrected chi connectivity index (χ2v) is 5.11. The third-order valence-corrected chi connectivity index (χ3v) is 3.70. The number of nitrogens with one attached hydrogen (secondary N) is 1. The zero-order valence-electron chi connectivity index (χ0n) is 13.0. The number of aliphatic hydroxyl groups excluding tert-OH is 2. The Labute approximate surface area is 129 Å². The number of benzene rings is 1. The largest absolute Gasteiger partial charge is 0.493 e. The average Bonchev–Trinajstić information content (AvgIpc) is 2.55. The fraction of sp³-hybridized carbons (Fsp3) is 0.533. The van der Waals surface area contributed by atoms with E-state index in [9.17, 15) is 9.90 Å². The molecule has 1 heterocycles. The zero-order chi connectivity index (χ0) is 16.3. The Hall–Kier alpha value is -1.99. The van der Waals surface area contributed by atoms with Gasteiger partial charge in [-0.15, -0.1) is 0 Å². The lowest BCUT2D eigenvalue weighted by molar-refractivity contribution is -0.120. The molecule has 2 rings (SSSR count). The van der Waals surface area contributed by atoms with Crippen LogP contribution in [0.3, 0.4) is 0 Å². The lowest BCUT2D eigenvalue weighted by atomic mass is 10.1. The highest BCUT2D eigenvalue weighted by molar-refractivity contribution is 6.05. The van der Waals surface area contributed by atoms with Crippen molar-refractivity contribution >= 4 is 17.3 Å². The van der Waals surface area contributed by atoms with E-state index in [2.05, 4.69) is 5.32 Å². The lowest BCUT2D eigenvalue weighted by Crippen LogP contribution is -2.50. The highest BCUT2D eigenvalue weighted by Gasteiger charge is 2.33. The van der Waals surface area contributed by atoms with Gasteiger partial charge in [-0.1, -0.05) is 6.92 Å². The minimum Gasteiger partial charge on any atom is -0.493 e. The van der Waals surface area contributed by atoms with Gasteiger partial charge in [0, 0.05) is 12.1 Å². The molecule has 0 radical (unpaired) electrons. The van der Waals surface area contributed by atoms with E-state index in [1.807, 2.05) is 6.92 Å². The maximum Gasteiger partial charge on any atom is 0.249 e. The highest BCUT2D eigenvalue weighted by atomic mass is 16.5. The van der Waals surface area contributed by atoms with Crippen molar-refractivity contribution in [2.24, 2.45) is 0 Å². The van der Waals surface area contributed by atoms with Crippen LogP contribution in [0.5, 0.6) is 11.5 Å². The Morgan fingerprint density at radius 3 is 2.50 bits per heavy atom. The van der Waals surface area contributed by atoms with E-state index in [0.29, 0.717) is 23.6 Å². The van der Waals surface area contributed by atoms with Gasteiger partial charge in [0.15, 0.2) is 11.5 Å². The van der Waals surface area contributed by atoms with Gasteiger partial charge in [-0.05, 0) is 6.42 Å². The summed E-state index contributed by atoms with van der Waals surface area (Å²) in [5.74, 6) is 0.907. The molecule has 1 aliphatic rings. The number of hydrogen-bond donors (Lipinski definition) is 3. The molecule has 1 aliphatic heterocycles. The van der Waals surface area contributed by atoms with Crippen LogP contribution in [-0.4, -0.2) is 55.6 Å². The van der Waals surface area contributed by atoms with Crippen LogP contribution in [0, 0.1) is 0 Å². The topological polar surface area (TPSA) is 91.3 Å². The van der Waals surface area contributed by atoms with Crippen molar-refractivity contribution in [2.45, 2.75) is 25.5 Å². The third-order valence-electron chi connectivity index (χ3n) is 3.70. The number of aliphatic hydroxyl groups is 2. The number of amides is 1. The van der Waals surface area contributed by atoms with Crippen molar-refractivity contribution in [1.29, 1.82) is 0 Å². The summed E-state index contributed by atoms with van der Waals surface area (Å²) in [5.41, 5.74) is 1.33. The van der Waals surface area contributed by atoms with Crippen molar-refractivity contribution in [2.75, 3.05) is 37.6 Å². The normalized spacial score (nSPS) is 18.5. The Bertz CT molecular complexity index is 549. The quantitative estimate of drug-likeness (QED) is 0.712. The molecule has 1 aromatic carbocycles. The predicted molar refractivity (Wildman–Crippen MR) is 82.7 cm³/mol. The fourth-order valence-corrected chi connectivity index (χ4v) is 2.50. The molecular weight excluding hydrogens is 288 g/mol. The number of β-amino-alcohol motifs (C(OH)–C–C–N with tert-alkyl or cyclic N) is 1. The number of nitrogens with zero attached hydrogens (tertiary/aromatic N) is 1. The minimum atomic E-state index is -1.000. The van der Waals surface area contributed by atoms with Gasteiger partial charge >= 0.3 is 0 Å². The number of rotatable bonds is 6. The number of fused-ring (bicyclic) bond motifs is 1. The van der Waals surface area contributed by atoms with Crippen molar-refractivity contribution in [3.05, 3.63) is 12.1 Å². The van der Waals surface area contributed by atoms with Crippen LogP contribution >= 0.6 is 0 Å². The number of ether oxygens (including phenoxy) is 2. The second kappa shape index (κ2) is 6.85. The molecule has 0 saturated carbocycles. The Kier molecular flexibility index (Phi) is 5.10. The smallest absolute Gasteiger partial charge is 0.249 e. The predicted octanol–water partition coefficient (Wildman–Crippen LogP) is 0.594. The summed E-state index contributed by atoms with van der Waals surface area (Å²) in [5, 5.41) is 21.9. The zero-order valence-corrected chi connectivity index (χ0v) is 13.0. The number of hydrogen-bond acceptors (Lipinski definition) is 6. The van der Waals surface area contributed by atoms with Gasteiger partial charge < -0.3 is 29.9 Å². The van der Waals surface area contributed by atoms with Gasteiger partial charge in [0.25, 0.3) is 0 Å². The molecule has 2 atom stereocenters. The molecule has 22 heavy (non-hydrogen) atoms. The van der Waals surface area contributed by atoms with E-state index in [1.165, 1.54) is 12.0 Å². The maximum atomic E-state index is 12.5. The molecule has 122 valence electrons. The molecule has 0 aliphatic carbocycles. The van der Waals surface area contributed by atoms with Gasteiger partial charge in [-0.2, -0.15) is 0 Å². The average molecular weight is 310 g/mol. The van der Waals surface area contributed by atoms with Crippen LogP contribution < -0.4 is 19.7 Å². The van der Waals surface area contributed by atoms with Crippen LogP contribution in [0.2, 0.25) is 0 Å². The summed E-state index contributed by atoms with van der Waals surface area (Å²) < 4.78 is 10.5. The molecule has 0 bridgehead atoms. The van der Waals surface area contributed by atoms with Gasteiger partial charge in [-0.25, -0.2) is 0 Å². The first kappa shape index (κ1) is 16.4. The first-order chi connectivity index (χ1) is 10.5. The fourth-order valence-electron chi connectivity index (χ4n) is 2.50. The van der Waals surface area contributed by atoms with Crippen LogP contribution in [-0.2, 0) is 4.79 Å². The standard InChI is InChI=1S/C15H22N2O5/c1-4-10-15(20)17(7-9(19)8-18)12-6-14(22-3)13(21-2)5-11(12)16-10/h5-6,9-10,16,18-19H,4,7-8H2,1-3H3. The molecule has 1 amide bonds. The summed E-state index contributed by atoms with van der Waals surface area (Å²) >= 11 is 0. The summed E-state index contributed by atoms with van der Waals surface area (Å²) in [7, 11) is 3.06. The first-order valence-corrected chi connectivity index (χ1v) is 7.18. The summed E-state index contributed by atoms with van der Waals surface area (Å²) in [6.07, 6.45) is -0.390. The van der Waals surface area contributed by atoms with Crippen molar-refractivity contribution in [3.63, 3.8) is 0 Å². The molecule has 3 N–H and O–H groups in total. The molecule has 0 fully saturated rings. The van der Waals surface area contributed by atoms with Gasteiger partial charge in [0.2, 0.25) is 5.91 Å². The van der Waals surface area contributed by atoms with Gasteiger partial charge in [0.1, 0.15) is 6.04 Å². The summed E-state index contributed by atoms with van der Waals surface area (Å²) in [6.45, 7) is 1.52. The van der Waals surface area contributed by atoms with Crippen LogP contribution in [0.1, 0.15) is 13.3 Å². The van der Waals surface area contributed by atoms with E-state index in [0.717, 1.165) is 5.69 Å². The monoisotopic (exact) mass is 310 g/mol. The van der Waals surface area contributed by atoms with E-state index in [1.54, 1.807) is 19.2 Å². The number of anilines is 2. The van der Waals surface area contributed by atoms with E-state index < -0.39 is 12.7 Å². The van der Waals surface area contributed by atoms with Crippen LogP contribution in [0.15, 0.2) is 12.1 Å². The first-order valence-electron chi connectivity index (χ1n) is 7.18. The second-order valence-electron chi connectivity index (χ2n) is 5.11. The SMILES string of the molecule is CCC1Nc2cc(OC)c(OC)cc2N(CC(O)CO)C1=O. The number of carbonyl (C=O) groups is 1. The molecular formula is C15H22N2O5. The van der Waals surface area contributed by atoms with Gasteiger partial charge in [-0.3, -0.25) is 4.79 Å². The molecule has 0 aromatic heterocycles. The highest BCUT2D eigenvalue weighted by Crippen LogP contribution is 2.41. The van der Waals surface area contributed by atoms with Crippen molar-refractivity contribution in [3.8, 4) is 11.5 Å². The summed E-state index contributed by atoms with van der Waals surface area (Å²) in [6, 6.07) is 3.08. The van der Waals surface area contributed by atoms with Gasteiger partial charge in [0.05, 0.1) is 44.8 Å².